The van der Waals surface area contributed by atoms with E-state index in [2.05, 4.69) is 25.8 Å². The number of H-pyrrole nitrogens is 1. The molecule has 1 aliphatic carbocycles. The molecule has 1 aliphatic rings. The van der Waals surface area contributed by atoms with Gasteiger partial charge in [-0.25, -0.2) is 4.79 Å². The Labute approximate surface area is 158 Å². The molecule has 2 heterocycles. The Balaban J connectivity index is 1.49. The molecule has 27 heavy (non-hydrogen) atoms. The molecule has 0 bridgehead atoms. The minimum absolute atomic E-state index is 0.0896. The van der Waals surface area contributed by atoms with Crippen molar-refractivity contribution in [2.75, 3.05) is 5.32 Å². The second kappa shape index (κ2) is 8.66. The van der Waals surface area contributed by atoms with Crippen LogP contribution in [0.4, 0.5) is 10.6 Å². The van der Waals surface area contributed by atoms with Gasteiger partial charge in [0, 0.05) is 35.6 Å². The van der Waals surface area contributed by atoms with Gasteiger partial charge in [0.05, 0.1) is 12.5 Å². The lowest BCUT2D eigenvalue weighted by Gasteiger charge is -2.14. The fourth-order valence-corrected chi connectivity index (χ4v) is 3.27. The van der Waals surface area contributed by atoms with Crippen molar-refractivity contribution < 1.29 is 14.3 Å². The van der Waals surface area contributed by atoms with E-state index in [1.54, 1.807) is 6.20 Å². The molecule has 3 N–H and O–H groups in total. The third-order valence-corrected chi connectivity index (χ3v) is 4.47. The first-order chi connectivity index (χ1) is 13.0. The molecular weight excluding hydrogens is 346 g/mol. The van der Waals surface area contributed by atoms with Crippen LogP contribution in [0.25, 0.3) is 0 Å². The average molecular weight is 371 g/mol. The van der Waals surface area contributed by atoms with Gasteiger partial charge < -0.3 is 15.4 Å². The molecule has 2 unspecified atom stereocenters. The maximum absolute atomic E-state index is 12.1. The number of hydrogen-bond acceptors (Lipinski definition) is 5. The highest BCUT2D eigenvalue weighted by molar-refractivity contribution is 5.91. The predicted octanol–water partition coefficient (Wildman–Crippen LogP) is 2.76. The predicted molar refractivity (Wildman–Crippen MR) is 100 cm³/mol. The van der Waals surface area contributed by atoms with Gasteiger partial charge >= 0.3 is 6.09 Å². The van der Waals surface area contributed by atoms with Crippen molar-refractivity contribution in [3.63, 3.8) is 0 Å². The summed E-state index contributed by atoms with van der Waals surface area (Å²) < 4.78 is 5.13. The van der Waals surface area contributed by atoms with E-state index in [9.17, 15) is 9.59 Å². The Bertz CT molecular complexity index is 775. The number of nitrogens with zero attached hydrogens (tertiary/aromatic N) is 2. The van der Waals surface area contributed by atoms with Crippen LogP contribution in [0.2, 0.25) is 0 Å². The minimum Gasteiger partial charge on any atom is -0.447 e. The van der Waals surface area contributed by atoms with Gasteiger partial charge in [0.25, 0.3) is 0 Å². The summed E-state index contributed by atoms with van der Waals surface area (Å²) >= 11 is 0. The van der Waals surface area contributed by atoms with Gasteiger partial charge in [-0.2, -0.15) is 5.10 Å². The first-order valence-corrected chi connectivity index (χ1v) is 9.22. The number of pyridine rings is 1. The molecule has 1 fully saturated rings. The van der Waals surface area contributed by atoms with Crippen molar-refractivity contribution in [1.29, 1.82) is 0 Å². The number of carbonyl (C=O) groups is 2. The van der Waals surface area contributed by atoms with Crippen LogP contribution in [0.5, 0.6) is 0 Å². The van der Waals surface area contributed by atoms with E-state index in [1.807, 2.05) is 38.1 Å². The van der Waals surface area contributed by atoms with E-state index in [0.29, 0.717) is 11.5 Å². The molecule has 2 aromatic rings. The number of anilines is 1. The summed E-state index contributed by atoms with van der Waals surface area (Å²) in [4.78, 5) is 28.0. The Morgan fingerprint density at radius 3 is 2.93 bits per heavy atom. The number of alkyl carbamates (subject to hydrolysis) is 1. The fraction of sp³-hybridized carbons (Fsp3) is 0.474. The van der Waals surface area contributed by atoms with Crippen molar-refractivity contribution in [2.24, 2.45) is 0 Å². The van der Waals surface area contributed by atoms with Gasteiger partial charge in [0.1, 0.15) is 0 Å². The normalized spacial score (nSPS) is 19.1. The summed E-state index contributed by atoms with van der Waals surface area (Å²) in [6, 6.07) is 7.42. The molecule has 3 rings (SSSR count). The number of carbonyl (C=O) groups excluding carboxylic acids is 2. The zero-order chi connectivity index (χ0) is 19.2. The third kappa shape index (κ3) is 5.54. The average Bonchev–Trinajstić information content (AvgIpc) is 3.24. The lowest BCUT2D eigenvalue weighted by molar-refractivity contribution is -0.115. The second-order valence-corrected chi connectivity index (χ2v) is 7.06. The molecular formula is C19H25N5O3. The van der Waals surface area contributed by atoms with Gasteiger partial charge in [-0.1, -0.05) is 6.07 Å². The van der Waals surface area contributed by atoms with E-state index in [-0.39, 0.29) is 36.5 Å². The summed E-state index contributed by atoms with van der Waals surface area (Å²) in [5.74, 6) is 0.610. The smallest absolute Gasteiger partial charge is 0.407 e. The molecule has 144 valence electrons. The number of nitrogens with one attached hydrogen (secondary N) is 3. The lowest BCUT2D eigenvalue weighted by atomic mass is 10.0. The zero-order valence-corrected chi connectivity index (χ0v) is 15.6. The standard InChI is InChI=1S/C19H25N5O3/c1-12(2)27-19(26)21-15-7-6-13(9-15)16-11-17(24-23-16)22-18(25)10-14-5-3-4-8-20-14/h3-5,8,11-13,15H,6-7,9-10H2,1-2H3,(H,21,26)(H2,22,23,24,25). The van der Waals surface area contributed by atoms with Crippen LogP contribution < -0.4 is 10.6 Å². The summed E-state index contributed by atoms with van der Waals surface area (Å²) in [5, 5.41) is 12.9. The highest BCUT2D eigenvalue weighted by Crippen LogP contribution is 2.34. The van der Waals surface area contributed by atoms with E-state index in [1.165, 1.54) is 0 Å². The third-order valence-electron chi connectivity index (χ3n) is 4.47. The zero-order valence-electron chi connectivity index (χ0n) is 15.6. The Hall–Kier alpha value is -2.90. The van der Waals surface area contributed by atoms with E-state index in [4.69, 9.17) is 4.74 Å². The maximum atomic E-state index is 12.1. The molecule has 8 heteroatoms. The number of aromatic amines is 1. The largest absolute Gasteiger partial charge is 0.447 e. The molecule has 1 saturated carbocycles. The van der Waals surface area contributed by atoms with Crippen LogP contribution in [0.15, 0.2) is 30.5 Å². The lowest BCUT2D eigenvalue weighted by Crippen LogP contribution is -2.34. The number of rotatable bonds is 6. The summed E-state index contributed by atoms with van der Waals surface area (Å²) in [5.41, 5.74) is 1.67. The number of amides is 2. The van der Waals surface area contributed by atoms with E-state index in [0.717, 1.165) is 25.0 Å². The quantitative estimate of drug-likeness (QED) is 0.723. The van der Waals surface area contributed by atoms with Crippen LogP contribution in [-0.4, -0.2) is 39.3 Å². The van der Waals surface area contributed by atoms with Gasteiger partial charge in [-0.3, -0.25) is 14.9 Å². The van der Waals surface area contributed by atoms with Gasteiger partial charge in [-0.15, -0.1) is 0 Å². The first-order valence-electron chi connectivity index (χ1n) is 9.22. The number of ether oxygens (including phenoxy) is 1. The van der Waals surface area contributed by atoms with Crippen molar-refractivity contribution in [3.05, 3.63) is 41.9 Å². The first kappa shape index (κ1) is 18.9. The van der Waals surface area contributed by atoms with Crippen molar-refractivity contribution >= 4 is 17.8 Å². The van der Waals surface area contributed by atoms with Gasteiger partial charge in [0.15, 0.2) is 5.82 Å². The molecule has 0 saturated heterocycles. The van der Waals surface area contributed by atoms with Crippen molar-refractivity contribution in [1.82, 2.24) is 20.5 Å². The molecule has 0 radical (unpaired) electrons. The topological polar surface area (TPSA) is 109 Å². The van der Waals surface area contributed by atoms with E-state index >= 15 is 0 Å². The van der Waals surface area contributed by atoms with Crippen LogP contribution in [0, 0.1) is 0 Å². The number of hydrogen-bond donors (Lipinski definition) is 3. The van der Waals surface area contributed by atoms with Crippen LogP contribution in [0.3, 0.4) is 0 Å². The molecule has 2 aromatic heterocycles. The summed E-state index contributed by atoms with van der Waals surface area (Å²) in [6.07, 6.45) is 4.01. The molecule has 8 nitrogen and oxygen atoms in total. The Morgan fingerprint density at radius 2 is 2.19 bits per heavy atom. The van der Waals surface area contributed by atoms with Crippen LogP contribution in [0.1, 0.15) is 50.4 Å². The maximum Gasteiger partial charge on any atom is 0.407 e. The van der Waals surface area contributed by atoms with Crippen LogP contribution >= 0.6 is 0 Å². The minimum atomic E-state index is -0.372. The highest BCUT2D eigenvalue weighted by atomic mass is 16.6. The molecule has 0 aromatic carbocycles. The van der Waals surface area contributed by atoms with Crippen molar-refractivity contribution in [3.8, 4) is 0 Å². The van der Waals surface area contributed by atoms with E-state index < -0.39 is 0 Å². The Kier molecular flexibility index (Phi) is 6.05. The SMILES string of the molecule is CC(C)OC(=O)NC1CCC(c2cc(NC(=O)Cc3ccccn3)n[nH]2)C1. The van der Waals surface area contributed by atoms with Crippen molar-refractivity contribution in [2.45, 2.75) is 57.6 Å². The second-order valence-electron chi connectivity index (χ2n) is 7.06. The number of aromatic nitrogens is 3. The van der Waals surface area contributed by atoms with Crippen LogP contribution in [-0.2, 0) is 16.0 Å². The summed E-state index contributed by atoms with van der Waals surface area (Å²) in [7, 11) is 0. The molecule has 0 spiro atoms. The molecule has 2 atom stereocenters. The fourth-order valence-electron chi connectivity index (χ4n) is 3.27. The highest BCUT2D eigenvalue weighted by Gasteiger charge is 2.29. The van der Waals surface area contributed by atoms with Gasteiger partial charge in [-0.05, 0) is 45.2 Å². The molecule has 2 amide bonds. The monoisotopic (exact) mass is 371 g/mol. The van der Waals surface area contributed by atoms with Gasteiger partial charge in [0.2, 0.25) is 5.91 Å². The molecule has 0 aliphatic heterocycles. The summed E-state index contributed by atoms with van der Waals surface area (Å²) in [6.45, 7) is 3.65. The Morgan fingerprint density at radius 1 is 1.33 bits per heavy atom.